The second-order valence-electron chi connectivity index (χ2n) is 3.19. The zero-order chi connectivity index (χ0) is 10.6. The highest BCUT2D eigenvalue weighted by molar-refractivity contribution is 7.99. The number of carbonyl (C=O) groups is 1. The van der Waals surface area contributed by atoms with Crippen molar-refractivity contribution in [3.05, 3.63) is 35.9 Å². The maximum Gasteiger partial charge on any atom is 0.317 e. The molecule has 2 nitrogen and oxygen atoms in total. The second kappa shape index (κ2) is 5.05. The number of benzene rings is 1. The number of carboxylic acids is 1. The van der Waals surface area contributed by atoms with E-state index < -0.39 is 5.97 Å². The smallest absolute Gasteiger partial charge is 0.317 e. The first kappa shape index (κ1) is 11.1. The molecule has 1 N–H and O–H groups in total. The third kappa shape index (κ3) is 2.51. The van der Waals surface area contributed by atoms with E-state index in [0.29, 0.717) is 0 Å². The lowest BCUT2D eigenvalue weighted by atomic mass is 9.98. The molecule has 1 rings (SSSR count). The molecule has 1 aromatic carbocycles. The summed E-state index contributed by atoms with van der Waals surface area (Å²) in [6, 6.07) is 9.74. The van der Waals surface area contributed by atoms with Gasteiger partial charge in [-0.05, 0) is 11.8 Å². The lowest BCUT2D eigenvalue weighted by Crippen LogP contribution is -2.22. The van der Waals surface area contributed by atoms with Crippen LogP contribution in [0.4, 0.5) is 0 Å². The summed E-state index contributed by atoms with van der Waals surface area (Å²) < 4.78 is 0. The molecule has 14 heavy (non-hydrogen) atoms. The van der Waals surface area contributed by atoms with E-state index in [2.05, 4.69) is 0 Å². The van der Waals surface area contributed by atoms with Crippen LogP contribution in [0.5, 0.6) is 0 Å². The molecular formula is C11H14O2S. The second-order valence-corrected chi connectivity index (χ2v) is 4.17. The molecule has 1 aromatic rings. The summed E-state index contributed by atoms with van der Waals surface area (Å²) in [6.07, 6.45) is 1.83. The number of hydrogen-bond acceptors (Lipinski definition) is 2. The molecule has 0 aromatic heterocycles. The molecule has 0 heterocycles. The Morgan fingerprint density at radius 3 is 2.36 bits per heavy atom. The molecule has 0 fully saturated rings. The standard InChI is InChI=1S/C11H14O2S/c1-8(10(14-2)11(12)13)9-6-4-3-5-7-9/h3-8,10H,1-2H3,(H,12,13). The summed E-state index contributed by atoms with van der Waals surface area (Å²) in [5.41, 5.74) is 1.08. The number of carboxylic acid groups (broad SMARTS) is 1. The minimum atomic E-state index is -0.742. The lowest BCUT2D eigenvalue weighted by Gasteiger charge is -2.18. The highest BCUT2D eigenvalue weighted by atomic mass is 32.2. The molecule has 0 saturated carbocycles. The molecule has 0 saturated heterocycles. The van der Waals surface area contributed by atoms with Gasteiger partial charge in [0.2, 0.25) is 0 Å². The average Bonchev–Trinajstić information content (AvgIpc) is 2.19. The van der Waals surface area contributed by atoms with Gasteiger partial charge in [0.25, 0.3) is 0 Å². The molecule has 2 unspecified atom stereocenters. The molecule has 2 atom stereocenters. The van der Waals surface area contributed by atoms with E-state index in [1.54, 1.807) is 0 Å². The van der Waals surface area contributed by atoms with Gasteiger partial charge in [-0.15, -0.1) is 11.8 Å². The maximum absolute atomic E-state index is 10.9. The molecule has 0 radical (unpaired) electrons. The Hall–Kier alpha value is -0.960. The van der Waals surface area contributed by atoms with Gasteiger partial charge in [-0.1, -0.05) is 37.3 Å². The Labute approximate surface area is 88.3 Å². The van der Waals surface area contributed by atoms with Gasteiger partial charge in [-0.2, -0.15) is 0 Å². The minimum absolute atomic E-state index is 0.0451. The van der Waals surface area contributed by atoms with Gasteiger partial charge in [0.05, 0.1) is 0 Å². The first-order chi connectivity index (χ1) is 6.66. The molecular weight excluding hydrogens is 196 g/mol. The van der Waals surface area contributed by atoms with Crippen molar-refractivity contribution in [3.63, 3.8) is 0 Å². The van der Waals surface area contributed by atoms with Crippen molar-refractivity contribution in [3.8, 4) is 0 Å². The van der Waals surface area contributed by atoms with Crippen LogP contribution in [0.25, 0.3) is 0 Å². The molecule has 0 aliphatic carbocycles. The van der Waals surface area contributed by atoms with E-state index in [1.165, 1.54) is 11.8 Å². The zero-order valence-electron chi connectivity index (χ0n) is 8.31. The Bertz CT molecular complexity index is 297. The summed E-state index contributed by atoms with van der Waals surface area (Å²) in [4.78, 5) is 10.9. The highest BCUT2D eigenvalue weighted by Gasteiger charge is 2.24. The maximum atomic E-state index is 10.9. The number of hydrogen-bond donors (Lipinski definition) is 1. The summed E-state index contributed by atoms with van der Waals surface area (Å²) in [6.45, 7) is 1.95. The van der Waals surface area contributed by atoms with Crippen LogP contribution in [-0.4, -0.2) is 22.6 Å². The van der Waals surface area contributed by atoms with E-state index in [-0.39, 0.29) is 11.2 Å². The van der Waals surface area contributed by atoms with Gasteiger partial charge in [0.15, 0.2) is 0 Å². The molecule has 0 aliphatic heterocycles. The van der Waals surface area contributed by atoms with Crippen LogP contribution in [0.3, 0.4) is 0 Å². The van der Waals surface area contributed by atoms with E-state index >= 15 is 0 Å². The van der Waals surface area contributed by atoms with Gasteiger partial charge in [0, 0.05) is 5.92 Å². The summed E-state index contributed by atoms with van der Waals surface area (Å²) in [5, 5.41) is 8.62. The SMILES string of the molecule is CSC(C(=O)O)C(C)c1ccccc1. The Kier molecular flexibility index (Phi) is 4.01. The Morgan fingerprint density at radius 1 is 1.36 bits per heavy atom. The fourth-order valence-corrected chi connectivity index (χ4v) is 2.22. The fraction of sp³-hybridized carbons (Fsp3) is 0.364. The third-order valence-electron chi connectivity index (χ3n) is 2.28. The van der Waals surface area contributed by atoms with Crippen molar-refractivity contribution in [2.75, 3.05) is 6.26 Å². The van der Waals surface area contributed by atoms with Crippen molar-refractivity contribution >= 4 is 17.7 Å². The summed E-state index contributed by atoms with van der Waals surface area (Å²) in [7, 11) is 0. The van der Waals surface area contributed by atoms with Gasteiger partial charge < -0.3 is 5.11 Å². The number of rotatable bonds is 4. The molecule has 0 aliphatic rings. The van der Waals surface area contributed by atoms with E-state index in [0.717, 1.165) is 5.56 Å². The summed E-state index contributed by atoms with van der Waals surface area (Å²) in [5.74, 6) is -0.697. The van der Waals surface area contributed by atoms with Crippen molar-refractivity contribution < 1.29 is 9.90 Å². The van der Waals surface area contributed by atoms with E-state index in [4.69, 9.17) is 5.11 Å². The van der Waals surface area contributed by atoms with Crippen LogP contribution < -0.4 is 0 Å². The van der Waals surface area contributed by atoms with Crippen LogP contribution in [0, 0.1) is 0 Å². The molecule has 0 bridgehead atoms. The Balaban J connectivity index is 2.83. The first-order valence-electron chi connectivity index (χ1n) is 4.47. The van der Waals surface area contributed by atoms with Crippen LogP contribution in [0.2, 0.25) is 0 Å². The van der Waals surface area contributed by atoms with Crippen LogP contribution in [-0.2, 0) is 4.79 Å². The van der Waals surface area contributed by atoms with Gasteiger partial charge in [-0.25, -0.2) is 0 Å². The normalized spacial score (nSPS) is 14.7. The predicted molar refractivity (Wildman–Crippen MR) is 59.8 cm³/mol. The fourth-order valence-electron chi connectivity index (χ4n) is 1.45. The topological polar surface area (TPSA) is 37.3 Å². The largest absolute Gasteiger partial charge is 0.480 e. The van der Waals surface area contributed by atoms with E-state index in [9.17, 15) is 4.79 Å². The van der Waals surface area contributed by atoms with E-state index in [1.807, 2.05) is 43.5 Å². The van der Waals surface area contributed by atoms with Crippen LogP contribution in [0.1, 0.15) is 18.4 Å². The third-order valence-corrected chi connectivity index (χ3v) is 3.39. The molecule has 3 heteroatoms. The van der Waals surface area contributed by atoms with Crippen molar-refractivity contribution in [1.82, 2.24) is 0 Å². The van der Waals surface area contributed by atoms with Crippen LogP contribution >= 0.6 is 11.8 Å². The number of thioether (sulfide) groups is 1. The molecule has 76 valence electrons. The van der Waals surface area contributed by atoms with Crippen molar-refractivity contribution in [2.24, 2.45) is 0 Å². The lowest BCUT2D eigenvalue weighted by molar-refractivity contribution is -0.136. The predicted octanol–water partition coefficient (Wildman–Crippen LogP) is 2.61. The van der Waals surface area contributed by atoms with Gasteiger partial charge in [-0.3, -0.25) is 4.79 Å². The average molecular weight is 210 g/mol. The summed E-state index contributed by atoms with van der Waals surface area (Å²) >= 11 is 1.38. The first-order valence-corrected chi connectivity index (χ1v) is 5.76. The number of aliphatic carboxylic acids is 1. The highest BCUT2D eigenvalue weighted by Crippen LogP contribution is 2.26. The van der Waals surface area contributed by atoms with Gasteiger partial charge >= 0.3 is 5.97 Å². The van der Waals surface area contributed by atoms with Crippen molar-refractivity contribution in [1.29, 1.82) is 0 Å². The van der Waals surface area contributed by atoms with Crippen molar-refractivity contribution in [2.45, 2.75) is 18.1 Å². The molecule has 0 amide bonds. The minimum Gasteiger partial charge on any atom is -0.480 e. The van der Waals surface area contributed by atoms with Crippen LogP contribution in [0.15, 0.2) is 30.3 Å². The Morgan fingerprint density at radius 2 is 1.93 bits per heavy atom. The quantitative estimate of drug-likeness (QED) is 0.830. The van der Waals surface area contributed by atoms with Gasteiger partial charge in [0.1, 0.15) is 5.25 Å². The zero-order valence-corrected chi connectivity index (χ0v) is 9.12. The monoisotopic (exact) mass is 210 g/mol. The molecule has 0 spiro atoms.